The fourth-order valence-corrected chi connectivity index (χ4v) is 4.54. The van der Waals surface area contributed by atoms with Crippen LogP contribution in [-0.4, -0.2) is 36.5 Å². The van der Waals surface area contributed by atoms with Gasteiger partial charge in [0, 0.05) is 24.0 Å². The van der Waals surface area contributed by atoms with Crippen LogP contribution in [0.5, 0.6) is 0 Å². The number of nitrogens with zero attached hydrogens (tertiary/aromatic N) is 1. The van der Waals surface area contributed by atoms with Crippen molar-refractivity contribution in [2.24, 2.45) is 0 Å². The molecule has 0 saturated carbocycles. The number of halogens is 1. The Morgan fingerprint density at radius 2 is 2.24 bits per heavy atom. The largest absolute Gasteiger partial charge is 0.334 e. The molecule has 1 aromatic heterocycles. The molecule has 0 spiro atoms. The van der Waals surface area contributed by atoms with Gasteiger partial charge in [0.15, 0.2) is 0 Å². The lowest BCUT2D eigenvalue weighted by molar-refractivity contribution is 0.0697. The van der Waals surface area contributed by atoms with Crippen LogP contribution in [-0.2, 0) is 12.8 Å². The normalized spacial score (nSPS) is 20.7. The molecule has 1 unspecified atom stereocenters. The molecule has 2 aliphatic rings. The molecule has 118 valence electrons. The lowest BCUT2D eigenvalue weighted by atomic mass is 9.99. The van der Waals surface area contributed by atoms with Crippen LogP contribution in [0, 0.1) is 0 Å². The lowest BCUT2D eigenvalue weighted by Crippen LogP contribution is -2.41. The van der Waals surface area contributed by atoms with Crippen molar-refractivity contribution in [3.8, 4) is 0 Å². The van der Waals surface area contributed by atoms with Crippen molar-refractivity contribution in [3.05, 3.63) is 21.4 Å². The molecule has 5 heteroatoms. The van der Waals surface area contributed by atoms with Gasteiger partial charge in [0.05, 0.1) is 4.88 Å². The van der Waals surface area contributed by atoms with E-state index in [9.17, 15) is 4.79 Å². The molecule has 1 amide bonds. The molecule has 1 aliphatic heterocycles. The predicted molar refractivity (Wildman–Crippen MR) is 90.8 cm³/mol. The van der Waals surface area contributed by atoms with Crippen LogP contribution in [0.3, 0.4) is 0 Å². The predicted octanol–water partition coefficient (Wildman–Crippen LogP) is 3.26. The third-order valence-corrected chi connectivity index (χ3v) is 5.63. The molecule has 3 nitrogen and oxygen atoms in total. The molecule has 21 heavy (non-hydrogen) atoms. The number of rotatable bonds is 4. The second-order valence-electron chi connectivity index (χ2n) is 5.91. The minimum atomic E-state index is 0. The Morgan fingerprint density at radius 3 is 2.90 bits per heavy atom. The fraction of sp³-hybridized carbons (Fsp3) is 0.688. The molecular weight excluding hydrogens is 304 g/mol. The molecule has 0 bridgehead atoms. The summed E-state index contributed by atoms with van der Waals surface area (Å²) in [6, 6.07) is 2.56. The zero-order chi connectivity index (χ0) is 13.9. The van der Waals surface area contributed by atoms with Crippen molar-refractivity contribution < 1.29 is 4.79 Å². The number of nitrogens with one attached hydrogen (secondary N) is 1. The molecule has 1 saturated heterocycles. The zero-order valence-corrected chi connectivity index (χ0v) is 14.3. The monoisotopic (exact) mass is 328 g/mol. The van der Waals surface area contributed by atoms with Gasteiger partial charge >= 0.3 is 0 Å². The number of carbonyl (C=O) groups excluding carboxylic acids is 1. The topological polar surface area (TPSA) is 32.3 Å². The van der Waals surface area contributed by atoms with E-state index < -0.39 is 0 Å². The van der Waals surface area contributed by atoms with Gasteiger partial charge in [0.2, 0.25) is 0 Å². The quantitative estimate of drug-likeness (QED) is 0.920. The minimum absolute atomic E-state index is 0. The highest BCUT2D eigenvalue weighted by molar-refractivity contribution is 7.14. The first-order valence-electron chi connectivity index (χ1n) is 7.93. The standard InChI is InChI=1S/C16H24N2OS.ClH/c1-2-9-18(13-7-8-17-11-13)16(19)15-10-12-5-3-4-6-14(12)20-15;/h10,13,17H,2-9,11H2,1H3;1H. The molecule has 1 atom stereocenters. The van der Waals surface area contributed by atoms with Gasteiger partial charge in [-0.2, -0.15) is 0 Å². The molecule has 1 fully saturated rings. The molecule has 0 radical (unpaired) electrons. The summed E-state index contributed by atoms with van der Waals surface area (Å²) >= 11 is 1.74. The number of hydrogen-bond donors (Lipinski definition) is 1. The molecular formula is C16H25ClN2OS. The van der Waals surface area contributed by atoms with Crippen LogP contribution in [0.1, 0.15) is 52.7 Å². The highest BCUT2D eigenvalue weighted by Gasteiger charge is 2.28. The molecule has 2 heterocycles. The van der Waals surface area contributed by atoms with Crippen LogP contribution >= 0.6 is 23.7 Å². The summed E-state index contributed by atoms with van der Waals surface area (Å²) < 4.78 is 0. The van der Waals surface area contributed by atoms with Crippen LogP contribution in [0.25, 0.3) is 0 Å². The van der Waals surface area contributed by atoms with Gasteiger partial charge in [-0.15, -0.1) is 23.7 Å². The summed E-state index contributed by atoms with van der Waals surface area (Å²) in [5, 5.41) is 3.38. The Morgan fingerprint density at radius 1 is 1.43 bits per heavy atom. The Hall–Kier alpha value is -0.580. The van der Waals surface area contributed by atoms with Crippen molar-refractivity contribution in [1.29, 1.82) is 0 Å². The van der Waals surface area contributed by atoms with E-state index in [0.717, 1.165) is 43.8 Å². The highest BCUT2D eigenvalue weighted by atomic mass is 35.5. The third-order valence-electron chi connectivity index (χ3n) is 4.41. The highest BCUT2D eigenvalue weighted by Crippen LogP contribution is 2.31. The van der Waals surface area contributed by atoms with Crippen LogP contribution in [0.15, 0.2) is 6.07 Å². The third kappa shape index (κ3) is 3.61. The first-order valence-corrected chi connectivity index (χ1v) is 8.74. The Balaban J connectivity index is 0.00000161. The van der Waals surface area contributed by atoms with Crippen LogP contribution < -0.4 is 5.32 Å². The molecule has 0 aromatic carbocycles. The summed E-state index contributed by atoms with van der Waals surface area (Å²) in [6.07, 6.45) is 7.03. The van der Waals surface area contributed by atoms with Crippen molar-refractivity contribution in [1.82, 2.24) is 10.2 Å². The van der Waals surface area contributed by atoms with Crippen LogP contribution in [0.2, 0.25) is 0 Å². The van der Waals surface area contributed by atoms with E-state index in [-0.39, 0.29) is 18.3 Å². The molecule has 1 aromatic rings. The fourth-order valence-electron chi connectivity index (χ4n) is 3.33. The average molecular weight is 329 g/mol. The number of carbonyl (C=O) groups is 1. The van der Waals surface area contributed by atoms with Crippen molar-refractivity contribution >= 4 is 29.7 Å². The van der Waals surface area contributed by atoms with E-state index in [2.05, 4.69) is 23.2 Å². The first kappa shape index (κ1) is 16.8. The van der Waals surface area contributed by atoms with Gasteiger partial charge in [0.1, 0.15) is 0 Å². The van der Waals surface area contributed by atoms with Crippen molar-refractivity contribution in [3.63, 3.8) is 0 Å². The Bertz CT molecular complexity index is 459. The maximum absolute atomic E-state index is 12.8. The lowest BCUT2D eigenvalue weighted by Gasteiger charge is -2.27. The summed E-state index contributed by atoms with van der Waals surface area (Å²) in [7, 11) is 0. The maximum atomic E-state index is 12.8. The summed E-state index contributed by atoms with van der Waals surface area (Å²) in [6.45, 7) is 5.03. The van der Waals surface area contributed by atoms with Crippen LogP contribution in [0.4, 0.5) is 0 Å². The van der Waals surface area contributed by atoms with E-state index in [1.165, 1.54) is 29.7 Å². The number of hydrogen-bond acceptors (Lipinski definition) is 3. The summed E-state index contributed by atoms with van der Waals surface area (Å²) in [5.74, 6) is 0.264. The first-order chi connectivity index (χ1) is 9.79. The van der Waals surface area contributed by atoms with E-state index in [4.69, 9.17) is 0 Å². The molecule has 1 aliphatic carbocycles. The molecule has 3 rings (SSSR count). The van der Waals surface area contributed by atoms with Gasteiger partial charge in [-0.3, -0.25) is 4.79 Å². The Labute approximate surface area is 137 Å². The van der Waals surface area contributed by atoms with E-state index >= 15 is 0 Å². The van der Waals surface area contributed by atoms with E-state index in [1.54, 1.807) is 11.3 Å². The Kier molecular flexibility index (Phi) is 6.08. The summed E-state index contributed by atoms with van der Waals surface area (Å²) in [5.41, 5.74) is 1.44. The van der Waals surface area contributed by atoms with Gasteiger partial charge in [-0.1, -0.05) is 6.92 Å². The van der Waals surface area contributed by atoms with Crippen molar-refractivity contribution in [2.75, 3.05) is 19.6 Å². The number of amides is 1. The SMILES string of the molecule is CCCN(C(=O)c1cc2c(s1)CCCC2)C1CCNC1.Cl. The second-order valence-corrected chi connectivity index (χ2v) is 7.05. The van der Waals surface area contributed by atoms with E-state index in [1.807, 2.05) is 0 Å². The van der Waals surface area contributed by atoms with Gasteiger partial charge in [-0.05, 0) is 56.7 Å². The van der Waals surface area contributed by atoms with Gasteiger partial charge in [0.25, 0.3) is 5.91 Å². The number of fused-ring (bicyclic) bond motifs is 1. The van der Waals surface area contributed by atoms with Gasteiger partial charge < -0.3 is 10.2 Å². The zero-order valence-electron chi connectivity index (χ0n) is 12.7. The minimum Gasteiger partial charge on any atom is -0.334 e. The van der Waals surface area contributed by atoms with Crippen molar-refractivity contribution in [2.45, 2.75) is 51.5 Å². The maximum Gasteiger partial charge on any atom is 0.264 e. The number of thiophene rings is 1. The van der Waals surface area contributed by atoms with E-state index in [0.29, 0.717) is 6.04 Å². The second kappa shape index (κ2) is 7.61. The number of aryl methyl sites for hydroxylation is 2. The smallest absolute Gasteiger partial charge is 0.264 e. The average Bonchev–Trinajstić information content (AvgIpc) is 3.12. The summed E-state index contributed by atoms with van der Waals surface area (Å²) in [4.78, 5) is 17.4. The van der Waals surface area contributed by atoms with Gasteiger partial charge in [-0.25, -0.2) is 0 Å². The molecule has 1 N–H and O–H groups in total.